The first kappa shape index (κ1) is 66.6. The summed E-state index contributed by atoms with van der Waals surface area (Å²) in [7, 11) is 0. The van der Waals surface area contributed by atoms with E-state index < -0.39 is 48.1 Å². The largest absolute Gasteiger partial charge is 0.494 e. The fourth-order valence-electron chi connectivity index (χ4n) is 8.03. The highest BCUT2D eigenvalue weighted by molar-refractivity contribution is 5.97. The van der Waals surface area contributed by atoms with E-state index in [9.17, 15) is 33.6 Å². The third kappa shape index (κ3) is 26.3. The molecular formula is C67H76O18. The van der Waals surface area contributed by atoms with Gasteiger partial charge in [-0.05, 0) is 167 Å². The second-order valence-electron chi connectivity index (χ2n) is 19.3. The molecule has 0 saturated carbocycles. The fraction of sp³-hybridized carbons (Fsp3) is 0.358. The number of unbranched alkanes of at least 4 members (excludes halogenated alkanes) is 13. The molecule has 0 aliphatic carbocycles. The van der Waals surface area contributed by atoms with Gasteiger partial charge >= 0.3 is 41.8 Å². The summed E-state index contributed by atoms with van der Waals surface area (Å²) in [6.45, 7) is 14.2. The van der Waals surface area contributed by atoms with E-state index in [4.69, 9.17) is 52.1 Å². The van der Waals surface area contributed by atoms with Crippen LogP contribution in [0.3, 0.4) is 0 Å². The van der Waals surface area contributed by atoms with Crippen molar-refractivity contribution in [2.24, 2.45) is 0 Å². The Kier molecular flexibility index (Phi) is 30.2. The van der Waals surface area contributed by atoms with Gasteiger partial charge in [-0.15, -0.1) is 0 Å². The zero-order valence-electron chi connectivity index (χ0n) is 48.3. The maximum absolute atomic E-state index is 13.9. The van der Waals surface area contributed by atoms with E-state index in [1.165, 1.54) is 61.5 Å². The van der Waals surface area contributed by atoms with Crippen LogP contribution in [0.1, 0.15) is 151 Å². The van der Waals surface area contributed by atoms with Crippen molar-refractivity contribution >= 4 is 41.8 Å². The smallest absolute Gasteiger partial charge is 0.345 e. The summed E-state index contributed by atoms with van der Waals surface area (Å²) in [5.41, 5.74) is 0.433. The average molecular weight is 1170 g/mol. The molecule has 0 fully saturated rings. The molecule has 0 spiro atoms. The summed E-state index contributed by atoms with van der Waals surface area (Å²) in [5.74, 6) is -2.35. The molecule has 0 bridgehead atoms. The Morgan fingerprint density at radius 1 is 0.353 bits per heavy atom. The van der Waals surface area contributed by atoms with Crippen LogP contribution in [0.5, 0.6) is 40.2 Å². The molecule has 5 rings (SSSR count). The van der Waals surface area contributed by atoms with Crippen LogP contribution in [0, 0.1) is 0 Å². The molecule has 0 amide bonds. The summed E-state index contributed by atoms with van der Waals surface area (Å²) in [4.78, 5) is 87.3. The molecule has 0 aromatic heterocycles. The predicted molar refractivity (Wildman–Crippen MR) is 316 cm³/mol. The van der Waals surface area contributed by atoms with Gasteiger partial charge in [0.25, 0.3) is 0 Å². The van der Waals surface area contributed by atoms with E-state index in [1.54, 1.807) is 60.7 Å². The van der Waals surface area contributed by atoms with E-state index in [0.717, 1.165) is 121 Å². The molecule has 0 N–H and O–H groups in total. The van der Waals surface area contributed by atoms with Crippen LogP contribution in [0.4, 0.5) is 0 Å². The maximum atomic E-state index is 13.9. The molecule has 5 aromatic rings. The SMILES string of the molecule is C=CC(=O)OCCCCCCCCOc1ccc(C(=O)Oc2ccc(OC(=O)c3ccc(OCCCCCCCCOC(=O)C=C)cc3)c(C(=O)OC(C)Oc3ccc(OC(=O)c4ccc(OCCCCCCOC(=O)C=C)cc4)cc3)c2)cc1. The second-order valence-corrected chi connectivity index (χ2v) is 19.3. The molecule has 18 heteroatoms. The lowest BCUT2D eigenvalue weighted by molar-refractivity contribution is -0.138. The molecule has 0 saturated heterocycles. The van der Waals surface area contributed by atoms with Crippen molar-refractivity contribution in [3.05, 3.63) is 175 Å². The van der Waals surface area contributed by atoms with Crippen LogP contribution < -0.4 is 33.2 Å². The average Bonchev–Trinajstić information content (AvgIpc) is 3.62. The Hall–Kier alpha value is -9.19. The van der Waals surface area contributed by atoms with E-state index in [0.29, 0.717) is 62.5 Å². The molecule has 85 heavy (non-hydrogen) atoms. The van der Waals surface area contributed by atoms with Crippen LogP contribution in [0.15, 0.2) is 153 Å². The number of ether oxygens (including phenoxy) is 11. The number of esters is 7. The van der Waals surface area contributed by atoms with Gasteiger partial charge in [0.15, 0.2) is 0 Å². The molecule has 0 aliphatic heterocycles. The Morgan fingerprint density at radius 2 is 0.659 bits per heavy atom. The lowest BCUT2D eigenvalue weighted by Gasteiger charge is -2.17. The Bertz CT molecular complexity index is 2910. The lowest BCUT2D eigenvalue weighted by atomic mass is 10.1. The van der Waals surface area contributed by atoms with Crippen molar-refractivity contribution in [3.8, 4) is 40.2 Å². The summed E-state index contributed by atoms with van der Waals surface area (Å²) >= 11 is 0. The van der Waals surface area contributed by atoms with Crippen LogP contribution in [0.25, 0.3) is 0 Å². The van der Waals surface area contributed by atoms with E-state index >= 15 is 0 Å². The van der Waals surface area contributed by atoms with Gasteiger partial charge in [-0.2, -0.15) is 0 Å². The second kappa shape index (κ2) is 38.6. The monoisotopic (exact) mass is 1170 g/mol. The summed E-state index contributed by atoms with van der Waals surface area (Å²) in [5, 5.41) is 0. The van der Waals surface area contributed by atoms with Crippen molar-refractivity contribution in [1.82, 2.24) is 0 Å². The first-order valence-corrected chi connectivity index (χ1v) is 28.7. The number of carbonyl (C=O) groups excluding carboxylic acids is 7. The fourth-order valence-corrected chi connectivity index (χ4v) is 8.03. The van der Waals surface area contributed by atoms with Crippen molar-refractivity contribution in [1.29, 1.82) is 0 Å². The van der Waals surface area contributed by atoms with Gasteiger partial charge in [0.1, 0.15) is 45.8 Å². The molecule has 18 nitrogen and oxygen atoms in total. The molecule has 452 valence electrons. The van der Waals surface area contributed by atoms with Crippen LogP contribution >= 0.6 is 0 Å². The van der Waals surface area contributed by atoms with E-state index in [-0.39, 0.29) is 39.7 Å². The molecule has 0 aliphatic rings. The Morgan fingerprint density at radius 3 is 1.04 bits per heavy atom. The molecule has 1 unspecified atom stereocenters. The topological polar surface area (TPSA) is 221 Å². The highest BCUT2D eigenvalue weighted by Crippen LogP contribution is 2.29. The van der Waals surface area contributed by atoms with Crippen molar-refractivity contribution in [2.45, 2.75) is 116 Å². The zero-order valence-corrected chi connectivity index (χ0v) is 48.3. The van der Waals surface area contributed by atoms with Gasteiger partial charge in [-0.1, -0.05) is 71.1 Å². The Balaban J connectivity index is 1.13. The highest BCUT2D eigenvalue weighted by atomic mass is 16.7. The minimum Gasteiger partial charge on any atom is -0.494 e. The van der Waals surface area contributed by atoms with Gasteiger partial charge in [0.05, 0.1) is 56.3 Å². The quantitative estimate of drug-likeness (QED) is 0.00886. The molecule has 5 aromatic carbocycles. The summed E-state index contributed by atoms with van der Waals surface area (Å²) in [6.07, 6.45) is 16.8. The number of hydrogen-bond acceptors (Lipinski definition) is 18. The van der Waals surface area contributed by atoms with Crippen LogP contribution in [0.2, 0.25) is 0 Å². The third-order valence-electron chi connectivity index (χ3n) is 12.6. The lowest BCUT2D eigenvalue weighted by Crippen LogP contribution is -2.22. The van der Waals surface area contributed by atoms with Crippen LogP contribution in [-0.2, 0) is 33.3 Å². The van der Waals surface area contributed by atoms with Crippen molar-refractivity contribution in [3.63, 3.8) is 0 Å². The Labute approximate surface area is 496 Å². The molecule has 1 atom stereocenters. The zero-order chi connectivity index (χ0) is 60.9. The van der Waals surface area contributed by atoms with Crippen molar-refractivity contribution < 1.29 is 85.7 Å². The number of benzene rings is 5. The van der Waals surface area contributed by atoms with Crippen LogP contribution in [-0.4, -0.2) is 87.7 Å². The third-order valence-corrected chi connectivity index (χ3v) is 12.6. The number of rotatable bonds is 41. The normalized spacial score (nSPS) is 10.9. The van der Waals surface area contributed by atoms with Gasteiger partial charge < -0.3 is 52.1 Å². The first-order valence-electron chi connectivity index (χ1n) is 28.7. The summed E-state index contributed by atoms with van der Waals surface area (Å²) < 4.78 is 61.1. The van der Waals surface area contributed by atoms with E-state index in [2.05, 4.69) is 19.7 Å². The number of carbonyl (C=O) groups is 7. The summed E-state index contributed by atoms with van der Waals surface area (Å²) in [6, 6.07) is 29.4. The number of hydrogen-bond donors (Lipinski definition) is 0. The standard InChI is InChI=1S/C67H76O18/c1-5-61(68)78-45-21-14-10-8-12-18-42-75-54-32-26-51(27-33-54)65(72)84-58-40-41-60(85-66(73)52-28-34-55(35-29-52)76-43-19-13-9-11-15-22-46-79-62(69)6-2)59(48-58)67(74)82-49(4)81-56-36-38-57(39-37-56)83-64(71)50-24-30-53(31-25-50)77-44-20-16-17-23-47-80-63(70)7-3/h5-7,24-41,48-49H,1-3,8-23,42-47H2,4H3. The molecule has 0 heterocycles. The molecular weight excluding hydrogens is 1090 g/mol. The predicted octanol–water partition coefficient (Wildman–Crippen LogP) is 13.5. The van der Waals surface area contributed by atoms with Crippen molar-refractivity contribution in [2.75, 3.05) is 39.6 Å². The minimum absolute atomic E-state index is 0.0452. The highest BCUT2D eigenvalue weighted by Gasteiger charge is 2.23. The van der Waals surface area contributed by atoms with E-state index in [1.807, 2.05) is 0 Å². The van der Waals surface area contributed by atoms with Gasteiger partial charge in [0, 0.05) is 25.2 Å². The van der Waals surface area contributed by atoms with Gasteiger partial charge in [0.2, 0.25) is 6.29 Å². The minimum atomic E-state index is -1.20. The van der Waals surface area contributed by atoms with Gasteiger partial charge in [-0.3, -0.25) is 0 Å². The molecule has 0 radical (unpaired) electrons. The van der Waals surface area contributed by atoms with Gasteiger partial charge in [-0.25, -0.2) is 33.6 Å². The first-order chi connectivity index (χ1) is 41.3. The maximum Gasteiger partial charge on any atom is 0.345 e.